The molecule has 1 aliphatic carbocycles. The first-order valence-electron chi connectivity index (χ1n) is 4.67. The van der Waals surface area contributed by atoms with Gasteiger partial charge in [-0.2, -0.15) is 5.26 Å². The second kappa shape index (κ2) is 2.91. The normalized spacial score (nSPS) is 24.4. The average molecular weight is 192 g/mol. The summed E-state index contributed by atoms with van der Waals surface area (Å²) >= 11 is 0. The van der Waals surface area contributed by atoms with Crippen molar-refractivity contribution in [3.05, 3.63) is 11.4 Å². The highest BCUT2D eigenvalue weighted by Crippen LogP contribution is 2.37. The molecule has 1 aliphatic heterocycles. The molecule has 1 saturated carbocycles. The summed E-state index contributed by atoms with van der Waals surface area (Å²) in [6.07, 6.45) is 3.67. The highest BCUT2D eigenvalue weighted by atomic mass is 16.2. The molecule has 0 saturated heterocycles. The maximum absolute atomic E-state index is 11.3. The molecule has 0 aromatic heterocycles. The summed E-state index contributed by atoms with van der Waals surface area (Å²) < 4.78 is 0. The predicted octanol–water partition coefficient (Wildman–Crippen LogP) is 0.306. The van der Waals surface area contributed by atoms with Gasteiger partial charge in [0.1, 0.15) is 11.9 Å². The summed E-state index contributed by atoms with van der Waals surface area (Å²) in [7, 11) is 0. The molecular formula is C9H12N4O. The van der Waals surface area contributed by atoms with Crippen LogP contribution < -0.4 is 16.4 Å². The molecule has 0 aromatic rings. The smallest absolute Gasteiger partial charge is 0.321 e. The monoisotopic (exact) mass is 192 g/mol. The molecule has 2 aliphatic rings. The predicted molar refractivity (Wildman–Crippen MR) is 49.7 cm³/mol. The van der Waals surface area contributed by atoms with E-state index in [2.05, 4.69) is 16.7 Å². The number of nitriles is 1. The van der Waals surface area contributed by atoms with E-state index < -0.39 is 5.54 Å². The van der Waals surface area contributed by atoms with Gasteiger partial charge in [0.25, 0.3) is 0 Å². The van der Waals surface area contributed by atoms with Crippen molar-refractivity contribution in [1.82, 2.24) is 10.6 Å². The van der Waals surface area contributed by atoms with Gasteiger partial charge in [0.05, 0.1) is 11.1 Å². The number of rotatable bonds is 0. The van der Waals surface area contributed by atoms with Gasteiger partial charge in [-0.05, 0) is 12.8 Å². The third kappa shape index (κ3) is 1.11. The summed E-state index contributed by atoms with van der Waals surface area (Å²) in [5.41, 5.74) is 5.62. The van der Waals surface area contributed by atoms with Gasteiger partial charge in [0.2, 0.25) is 0 Å². The van der Waals surface area contributed by atoms with Gasteiger partial charge in [-0.15, -0.1) is 0 Å². The van der Waals surface area contributed by atoms with E-state index >= 15 is 0 Å². The van der Waals surface area contributed by atoms with E-state index in [1.54, 1.807) is 0 Å². The number of hydrogen-bond donors (Lipinski definition) is 3. The Bertz CT molecular complexity index is 346. The molecular weight excluding hydrogens is 180 g/mol. The van der Waals surface area contributed by atoms with Crippen LogP contribution in [0, 0.1) is 11.3 Å². The van der Waals surface area contributed by atoms with Gasteiger partial charge < -0.3 is 11.1 Å². The Labute approximate surface area is 82.0 Å². The van der Waals surface area contributed by atoms with Gasteiger partial charge in [-0.25, -0.2) is 4.79 Å². The van der Waals surface area contributed by atoms with E-state index in [4.69, 9.17) is 11.0 Å². The van der Waals surface area contributed by atoms with Crippen molar-refractivity contribution in [3.63, 3.8) is 0 Å². The summed E-state index contributed by atoms with van der Waals surface area (Å²) in [4.78, 5) is 11.3. The molecule has 0 atom stereocenters. The first-order valence-corrected chi connectivity index (χ1v) is 4.67. The minimum Gasteiger partial charge on any atom is -0.384 e. The quantitative estimate of drug-likeness (QED) is 0.515. The van der Waals surface area contributed by atoms with Gasteiger partial charge >= 0.3 is 6.03 Å². The summed E-state index contributed by atoms with van der Waals surface area (Å²) in [5.74, 6) is 0.207. The number of urea groups is 1. The molecule has 1 spiro atoms. The fourth-order valence-electron chi connectivity index (χ4n) is 2.27. The number of hydrogen-bond acceptors (Lipinski definition) is 3. The maximum atomic E-state index is 11.3. The first-order chi connectivity index (χ1) is 6.68. The van der Waals surface area contributed by atoms with Crippen molar-refractivity contribution >= 4 is 6.03 Å². The number of amides is 2. The van der Waals surface area contributed by atoms with E-state index in [1.165, 1.54) is 0 Å². The molecule has 0 aromatic carbocycles. The second-order valence-electron chi connectivity index (χ2n) is 3.77. The van der Waals surface area contributed by atoms with E-state index in [-0.39, 0.29) is 11.9 Å². The second-order valence-corrected chi connectivity index (χ2v) is 3.77. The molecule has 1 fully saturated rings. The van der Waals surface area contributed by atoms with Crippen LogP contribution in [0.15, 0.2) is 11.4 Å². The van der Waals surface area contributed by atoms with Crippen molar-refractivity contribution in [1.29, 1.82) is 5.26 Å². The zero-order chi connectivity index (χ0) is 10.2. The highest BCUT2D eigenvalue weighted by molar-refractivity contribution is 5.80. The van der Waals surface area contributed by atoms with Crippen LogP contribution in [0.1, 0.15) is 25.7 Å². The Hall–Kier alpha value is -1.70. The van der Waals surface area contributed by atoms with Gasteiger partial charge in [-0.3, -0.25) is 5.32 Å². The lowest BCUT2D eigenvalue weighted by molar-refractivity contribution is 0.228. The molecule has 0 radical (unpaired) electrons. The highest BCUT2D eigenvalue weighted by Gasteiger charge is 2.43. The Morgan fingerprint density at radius 1 is 1.43 bits per heavy atom. The van der Waals surface area contributed by atoms with E-state index in [1.807, 2.05) is 0 Å². The summed E-state index contributed by atoms with van der Waals surface area (Å²) in [6.45, 7) is 0. The largest absolute Gasteiger partial charge is 0.384 e. The van der Waals surface area contributed by atoms with Crippen molar-refractivity contribution < 1.29 is 4.79 Å². The van der Waals surface area contributed by atoms with Crippen LogP contribution in [0.5, 0.6) is 0 Å². The Morgan fingerprint density at radius 2 is 2.07 bits per heavy atom. The van der Waals surface area contributed by atoms with E-state index in [0.29, 0.717) is 5.57 Å². The average Bonchev–Trinajstić information content (AvgIpc) is 2.53. The van der Waals surface area contributed by atoms with Crippen molar-refractivity contribution in [2.45, 2.75) is 31.2 Å². The molecule has 0 unspecified atom stereocenters. The minimum absolute atomic E-state index is 0.207. The molecule has 14 heavy (non-hydrogen) atoms. The topological polar surface area (TPSA) is 90.9 Å². The van der Waals surface area contributed by atoms with Crippen LogP contribution in [-0.4, -0.2) is 11.6 Å². The van der Waals surface area contributed by atoms with Crippen LogP contribution in [0.2, 0.25) is 0 Å². The first kappa shape index (κ1) is 8.88. The maximum Gasteiger partial charge on any atom is 0.321 e. The van der Waals surface area contributed by atoms with E-state index in [0.717, 1.165) is 25.7 Å². The van der Waals surface area contributed by atoms with Crippen LogP contribution in [0.4, 0.5) is 4.79 Å². The lowest BCUT2D eigenvalue weighted by Gasteiger charge is -2.34. The van der Waals surface area contributed by atoms with Crippen LogP contribution >= 0.6 is 0 Å². The van der Waals surface area contributed by atoms with Crippen molar-refractivity contribution in [3.8, 4) is 6.07 Å². The summed E-state index contributed by atoms with van der Waals surface area (Å²) in [5, 5.41) is 14.2. The Kier molecular flexibility index (Phi) is 1.84. The number of nitrogens with one attached hydrogen (secondary N) is 2. The third-order valence-corrected chi connectivity index (χ3v) is 2.92. The lowest BCUT2D eigenvalue weighted by atomic mass is 9.87. The number of nitrogens with zero attached hydrogens (tertiary/aromatic N) is 1. The molecule has 1 heterocycles. The zero-order valence-corrected chi connectivity index (χ0v) is 7.76. The van der Waals surface area contributed by atoms with Crippen LogP contribution in [0.25, 0.3) is 0 Å². The molecule has 2 rings (SSSR count). The zero-order valence-electron chi connectivity index (χ0n) is 7.76. The molecule has 74 valence electrons. The molecule has 5 nitrogen and oxygen atoms in total. The van der Waals surface area contributed by atoms with Crippen LogP contribution in [0.3, 0.4) is 0 Å². The number of carbonyl (C=O) groups is 1. The Balaban J connectivity index is 2.44. The number of carbonyl (C=O) groups excluding carboxylic acids is 1. The fraction of sp³-hybridized carbons (Fsp3) is 0.556. The third-order valence-electron chi connectivity index (χ3n) is 2.92. The standard InChI is InChI=1S/C9H12N4O/c10-5-6-7(11)12-8(14)13-9(6)3-1-2-4-9/h1-4,11H2,(H2,12,13,14). The SMILES string of the molecule is N#CC1=C(N)NC(=O)NC12CCCC2. The molecule has 4 N–H and O–H groups in total. The lowest BCUT2D eigenvalue weighted by Crippen LogP contribution is -2.57. The van der Waals surface area contributed by atoms with Crippen molar-refractivity contribution in [2.75, 3.05) is 0 Å². The minimum atomic E-state index is -0.485. The Morgan fingerprint density at radius 3 is 2.64 bits per heavy atom. The molecule has 2 amide bonds. The van der Waals surface area contributed by atoms with Gasteiger partial charge in [0, 0.05) is 0 Å². The van der Waals surface area contributed by atoms with Crippen molar-refractivity contribution in [2.24, 2.45) is 5.73 Å². The van der Waals surface area contributed by atoms with Gasteiger partial charge in [0.15, 0.2) is 0 Å². The van der Waals surface area contributed by atoms with Gasteiger partial charge in [-0.1, -0.05) is 12.8 Å². The van der Waals surface area contributed by atoms with E-state index in [9.17, 15) is 4.79 Å². The van der Waals surface area contributed by atoms with Crippen LogP contribution in [-0.2, 0) is 0 Å². The fourth-order valence-corrected chi connectivity index (χ4v) is 2.27. The summed E-state index contributed by atoms with van der Waals surface area (Å²) in [6, 6.07) is 1.78. The number of nitrogens with two attached hydrogens (primary N) is 1. The molecule has 0 bridgehead atoms. The molecule has 5 heteroatoms.